The second-order valence-electron chi connectivity index (χ2n) is 4.22. The Kier molecular flexibility index (Phi) is 10.3. The Balaban J connectivity index is 3.61. The molecule has 0 fully saturated rings. The van der Waals surface area contributed by atoms with E-state index in [1.165, 1.54) is 31.8 Å². The molecule has 3 nitrogen and oxygen atoms in total. The fourth-order valence-electron chi connectivity index (χ4n) is 1.59. The van der Waals surface area contributed by atoms with Crippen LogP contribution in [0.3, 0.4) is 0 Å². The zero-order valence-corrected chi connectivity index (χ0v) is 10.7. The van der Waals surface area contributed by atoms with Crippen molar-refractivity contribution in [2.75, 3.05) is 13.2 Å². The molecule has 3 heteroatoms. The molecule has 0 aliphatic carbocycles. The molecule has 0 aliphatic rings. The van der Waals surface area contributed by atoms with Crippen LogP contribution >= 0.6 is 0 Å². The molecule has 0 aromatic heterocycles. The lowest BCUT2D eigenvalue weighted by Gasteiger charge is -2.15. The van der Waals surface area contributed by atoms with Crippen LogP contribution in [0.1, 0.15) is 46.0 Å². The van der Waals surface area contributed by atoms with Gasteiger partial charge in [0.15, 0.2) is 0 Å². The summed E-state index contributed by atoms with van der Waals surface area (Å²) in [6, 6.07) is -0.395. The van der Waals surface area contributed by atoms with Gasteiger partial charge in [0.05, 0.1) is 6.61 Å². The van der Waals surface area contributed by atoms with Gasteiger partial charge in [-0.25, -0.2) is 0 Å². The van der Waals surface area contributed by atoms with Crippen LogP contribution < -0.4 is 0 Å². The highest BCUT2D eigenvalue weighted by Gasteiger charge is 2.08. The standard InChI is InChI=1S/C13H25NO2/c1-4-7-8-9-12(5-2)10-16-11-13(6-3)14-15/h6,12-13H,3-5,7-11H2,1-2H3. The van der Waals surface area contributed by atoms with E-state index in [2.05, 4.69) is 25.6 Å². The molecule has 94 valence electrons. The van der Waals surface area contributed by atoms with Crippen molar-refractivity contribution in [2.45, 2.75) is 52.0 Å². The normalized spacial score (nSPS) is 14.4. The van der Waals surface area contributed by atoms with Crippen LogP contribution in [0.4, 0.5) is 0 Å². The van der Waals surface area contributed by atoms with Crippen LogP contribution in [-0.2, 0) is 4.74 Å². The van der Waals surface area contributed by atoms with Crippen molar-refractivity contribution in [1.29, 1.82) is 0 Å². The highest BCUT2D eigenvalue weighted by atomic mass is 16.5. The highest BCUT2D eigenvalue weighted by Crippen LogP contribution is 2.14. The molecule has 0 N–H and O–H groups in total. The summed E-state index contributed by atoms with van der Waals surface area (Å²) in [5.41, 5.74) is 0. The molecule has 2 unspecified atom stereocenters. The Labute approximate surface area is 99.2 Å². The molecule has 0 radical (unpaired) electrons. The van der Waals surface area contributed by atoms with Gasteiger partial charge in [-0.3, -0.25) is 0 Å². The van der Waals surface area contributed by atoms with Crippen molar-refractivity contribution >= 4 is 0 Å². The number of hydrogen-bond acceptors (Lipinski definition) is 3. The average Bonchev–Trinajstić information content (AvgIpc) is 2.32. The van der Waals surface area contributed by atoms with Gasteiger partial charge in [-0.05, 0) is 12.3 Å². The van der Waals surface area contributed by atoms with E-state index in [1.807, 2.05) is 0 Å². The zero-order chi connectivity index (χ0) is 12.2. The van der Waals surface area contributed by atoms with Gasteiger partial charge < -0.3 is 4.74 Å². The summed E-state index contributed by atoms with van der Waals surface area (Å²) in [4.78, 5) is 10.3. The SMILES string of the molecule is C=CC(COCC(CC)CCCCC)N=O. The van der Waals surface area contributed by atoms with Gasteiger partial charge in [-0.2, -0.15) is 4.91 Å². The maximum absolute atomic E-state index is 10.3. The molecular weight excluding hydrogens is 202 g/mol. The molecule has 0 aromatic rings. The van der Waals surface area contributed by atoms with Gasteiger partial charge in [0, 0.05) is 6.61 Å². The van der Waals surface area contributed by atoms with Gasteiger partial charge in [-0.15, -0.1) is 6.58 Å². The van der Waals surface area contributed by atoms with Crippen molar-refractivity contribution in [2.24, 2.45) is 11.1 Å². The van der Waals surface area contributed by atoms with E-state index in [-0.39, 0.29) is 0 Å². The minimum Gasteiger partial charge on any atom is -0.378 e. The van der Waals surface area contributed by atoms with Gasteiger partial charge in [0.1, 0.15) is 6.04 Å². The molecule has 0 rings (SSSR count). The van der Waals surface area contributed by atoms with Gasteiger partial charge >= 0.3 is 0 Å². The Morgan fingerprint density at radius 1 is 1.31 bits per heavy atom. The van der Waals surface area contributed by atoms with E-state index >= 15 is 0 Å². The number of ether oxygens (including phenoxy) is 1. The first kappa shape index (κ1) is 15.3. The molecule has 0 bridgehead atoms. The number of unbranched alkanes of at least 4 members (excludes halogenated alkanes) is 2. The van der Waals surface area contributed by atoms with Crippen molar-refractivity contribution in [1.82, 2.24) is 0 Å². The minimum absolute atomic E-state index is 0.372. The summed E-state index contributed by atoms with van der Waals surface area (Å²) in [5.74, 6) is 0.615. The third-order valence-electron chi connectivity index (χ3n) is 2.84. The fraction of sp³-hybridized carbons (Fsp3) is 0.846. The molecule has 0 aliphatic heterocycles. The summed E-state index contributed by atoms with van der Waals surface area (Å²) >= 11 is 0. The number of hydrogen-bond donors (Lipinski definition) is 0. The van der Waals surface area contributed by atoms with Crippen LogP contribution in [0.2, 0.25) is 0 Å². The van der Waals surface area contributed by atoms with E-state index in [9.17, 15) is 4.91 Å². The number of rotatable bonds is 11. The van der Waals surface area contributed by atoms with Crippen molar-refractivity contribution in [3.63, 3.8) is 0 Å². The summed E-state index contributed by atoms with van der Waals surface area (Å²) < 4.78 is 5.50. The summed E-state index contributed by atoms with van der Waals surface area (Å²) in [6.07, 6.45) is 7.71. The third kappa shape index (κ3) is 7.57. The topological polar surface area (TPSA) is 38.7 Å². The molecule has 16 heavy (non-hydrogen) atoms. The lowest BCUT2D eigenvalue weighted by atomic mass is 10.00. The van der Waals surface area contributed by atoms with Crippen molar-refractivity contribution in [3.8, 4) is 0 Å². The number of nitroso groups, excluding NO2 is 1. The lowest BCUT2D eigenvalue weighted by molar-refractivity contribution is 0.0905. The Morgan fingerprint density at radius 2 is 2.06 bits per heavy atom. The predicted molar refractivity (Wildman–Crippen MR) is 68.5 cm³/mol. The molecule has 0 saturated carbocycles. The molecular formula is C13H25NO2. The number of nitrogens with zero attached hydrogens (tertiary/aromatic N) is 1. The third-order valence-corrected chi connectivity index (χ3v) is 2.84. The van der Waals surface area contributed by atoms with E-state index in [0.717, 1.165) is 13.0 Å². The van der Waals surface area contributed by atoms with E-state index < -0.39 is 6.04 Å². The molecule has 0 saturated heterocycles. The quantitative estimate of drug-likeness (QED) is 0.305. The monoisotopic (exact) mass is 227 g/mol. The van der Waals surface area contributed by atoms with Gasteiger partial charge in [0.2, 0.25) is 0 Å². The first-order chi connectivity index (χ1) is 7.78. The van der Waals surface area contributed by atoms with Gasteiger partial charge in [0.25, 0.3) is 0 Å². The van der Waals surface area contributed by atoms with Crippen molar-refractivity contribution in [3.05, 3.63) is 17.6 Å². The highest BCUT2D eigenvalue weighted by molar-refractivity contribution is 4.84. The second kappa shape index (κ2) is 10.8. The maximum atomic E-state index is 10.3. The van der Waals surface area contributed by atoms with E-state index in [4.69, 9.17) is 4.74 Å². The first-order valence-electron chi connectivity index (χ1n) is 6.31. The zero-order valence-electron chi connectivity index (χ0n) is 10.7. The molecule has 0 amide bonds. The molecule has 0 spiro atoms. The molecule has 0 aromatic carbocycles. The fourth-order valence-corrected chi connectivity index (χ4v) is 1.59. The van der Waals surface area contributed by atoms with Crippen molar-refractivity contribution < 1.29 is 4.74 Å². The van der Waals surface area contributed by atoms with E-state index in [1.54, 1.807) is 0 Å². The Bertz CT molecular complexity index is 175. The van der Waals surface area contributed by atoms with Crippen LogP contribution in [-0.4, -0.2) is 19.3 Å². The average molecular weight is 227 g/mol. The predicted octanol–water partition coefficient (Wildman–Crippen LogP) is 3.93. The Morgan fingerprint density at radius 3 is 2.56 bits per heavy atom. The summed E-state index contributed by atoms with van der Waals surface area (Å²) in [5, 5.41) is 2.91. The Hall–Kier alpha value is -0.700. The largest absolute Gasteiger partial charge is 0.378 e. The lowest BCUT2D eigenvalue weighted by Crippen LogP contribution is -2.15. The van der Waals surface area contributed by atoms with Crippen LogP contribution in [0.5, 0.6) is 0 Å². The minimum atomic E-state index is -0.395. The summed E-state index contributed by atoms with van der Waals surface area (Å²) in [7, 11) is 0. The smallest absolute Gasteiger partial charge is 0.133 e. The molecule has 0 heterocycles. The maximum Gasteiger partial charge on any atom is 0.133 e. The van der Waals surface area contributed by atoms with Crippen LogP contribution in [0.25, 0.3) is 0 Å². The summed E-state index contributed by atoms with van der Waals surface area (Å²) in [6.45, 7) is 9.04. The first-order valence-corrected chi connectivity index (χ1v) is 6.31. The van der Waals surface area contributed by atoms with E-state index in [0.29, 0.717) is 12.5 Å². The van der Waals surface area contributed by atoms with Gasteiger partial charge in [-0.1, -0.05) is 50.8 Å². The second-order valence-corrected chi connectivity index (χ2v) is 4.22. The van der Waals surface area contributed by atoms with Crippen LogP contribution in [0.15, 0.2) is 17.8 Å². The van der Waals surface area contributed by atoms with Crippen LogP contribution in [0, 0.1) is 10.8 Å². The molecule has 2 atom stereocenters.